The van der Waals surface area contributed by atoms with Gasteiger partial charge in [-0.1, -0.05) is 189 Å². The number of hydrogen-bond donors (Lipinski definition) is 0. The largest absolute Gasteiger partial charge is 0.0985 e. The van der Waals surface area contributed by atoms with Crippen molar-refractivity contribution in [1.29, 1.82) is 0 Å². The lowest BCUT2D eigenvalue weighted by Crippen LogP contribution is -2.39. The smallest absolute Gasteiger partial charge is 0.0716 e. The van der Waals surface area contributed by atoms with E-state index in [4.69, 9.17) is 0 Å². The molecule has 5 unspecified atom stereocenters. The van der Waals surface area contributed by atoms with Crippen LogP contribution >= 0.6 is 0 Å². The van der Waals surface area contributed by atoms with Crippen LogP contribution in [0.4, 0.5) is 0 Å². The number of rotatable bonds is 6. The van der Waals surface area contributed by atoms with Crippen LogP contribution in [0.2, 0.25) is 0 Å². The molecule has 1 spiro atoms. The first kappa shape index (κ1) is 38.4. The molecule has 0 saturated carbocycles. The molecule has 308 valence electrons. The molecule has 0 amide bonds. The van der Waals surface area contributed by atoms with Crippen LogP contribution in [0.1, 0.15) is 97.2 Å². The molecule has 0 nitrogen and oxygen atoms in total. The third-order valence-electron chi connectivity index (χ3n) is 16.1. The first-order chi connectivity index (χ1) is 31.0. The Morgan fingerprint density at radius 1 is 0.730 bits per heavy atom. The van der Waals surface area contributed by atoms with Gasteiger partial charge in [-0.25, -0.2) is 0 Å². The molecule has 0 radical (unpaired) electrons. The van der Waals surface area contributed by atoms with E-state index in [0.29, 0.717) is 23.7 Å². The van der Waals surface area contributed by atoms with Gasteiger partial charge in [0.2, 0.25) is 0 Å². The van der Waals surface area contributed by atoms with Gasteiger partial charge in [0.05, 0.1) is 5.41 Å². The second kappa shape index (κ2) is 15.2. The third kappa shape index (κ3) is 6.01. The van der Waals surface area contributed by atoms with E-state index in [1.165, 1.54) is 99.9 Å². The van der Waals surface area contributed by atoms with Crippen molar-refractivity contribution < 1.29 is 0 Å². The van der Waals surface area contributed by atoms with Crippen molar-refractivity contribution in [2.24, 2.45) is 17.8 Å². The van der Waals surface area contributed by atoms with Gasteiger partial charge >= 0.3 is 0 Å². The second-order valence-electron chi connectivity index (χ2n) is 19.4. The van der Waals surface area contributed by atoms with E-state index in [0.717, 1.165) is 51.4 Å². The first-order valence-corrected chi connectivity index (χ1v) is 23.7. The van der Waals surface area contributed by atoms with Gasteiger partial charge in [-0.2, -0.15) is 0 Å². The summed E-state index contributed by atoms with van der Waals surface area (Å²) in [6, 6.07) is 40.1. The summed E-state index contributed by atoms with van der Waals surface area (Å²) in [7, 11) is 0. The van der Waals surface area contributed by atoms with E-state index in [1.807, 2.05) is 6.08 Å². The van der Waals surface area contributed by atoms with E-state index < -0.39 is 0 Å². The average Bonchev–Trinajstić information content (AvgIpc) is 3.62. The zero-order valence-electron chi connectivity index (χ0n) is 36.8. The fourth-order valence-corrected chi connectivity index (χ4v) is 13.1. The predicted octanol–water partition coefficient (Wildman–Crippen LogP) is 15.9. The summed E-state index contributed by atoms with van der Waals surface area (Å²) < 4.78 is 0. The highest BCUT2D eigenvalue weighted by molar-refractivity contribution is 5.95. The van der Waals surface area contributed by atoms with E-state index in [9.17, 15) is 0 Å². The van der Waals surface area contributed by atoms with Gasteiger partial charge in [0.1, 0.15) is 0 Å². The zero-order chi connectivity index (χ0) is 42.2. The summed E-state index contributed by atoms with van der Waals surface area (Å²) in [5, 5.41) is 2.75. The van der Waals surface area contributed by atoms with E-state index in [1.54, 1.807) is 5.57 Å². The molecule has 0 aliphatic heterocycles. The van der Waals surface area contributed by atoms with Gasteiger partial charge < -0.3 is 0 Å². The number of allylic oxidation sites excluding steroid dienone is 19. The molecule has 0 saturated heterocycles. The molecular weight excluding hydrogens is 757 g/mol. The molecule has 0 bridgehead atoms. The Hall–Kier alpha value is -6.24. The highest BCUT2D eigenvalue weighted by atomic mass is 14.5. The maximum absolute atomic E-state index is 4.09. The molecule has 0 fully saturated rings. The molecule has 63 heavy (non-hydrogen) atoms. The minimum atomic E-state index is -0.360. The van der Waals surface area contributed by atoms with Gasteiger partial charge in [0.15, 0.2) is 0 Å². The Morgan fingerprint density at radius 3 is 2.44 bits per heavy atom. The van der Waals surface area contributed by atoms with Gasteiger partial charge in [0.25, 0.3) is 0 Å². The minimum Gasteiger partial charge on any atom is -0.0985 e. The Kier molecular flexibility index (Phi) is 9.30. The molecule has 5 aromatic carbocycles. The van der Waals surface area contributed by atoms with Crippen molar-refractivity contribution in [3.05, 3.63) is 254 Å². The van der Waals surface area contributed by atoms with Crippen molar-refractivity contribution in [2.75, 3.05) is 0 Å². The second-order valence-corrected chi connectivity index (χ2v) is 19.4. The van der Waals surface area contributed by atoms with Crippen LogP contribution in [0.3, 0.4) is 0 Å². The van der Waals surface area contributed by atoms with Crippen molar-refractivity contribution in [3.63, 3.8) is 0 Å². The van der Waals surface area contributed by atoms with Gasteiger partial charge in [-0.05, 0) is 170 Å². The van der Waals surface area contributed by atoms with Crippen LogP contribution in [0, 0.1) is 17.8 Å². The van der Waals surface area contributed by atoms with Crippen LogP contribution in [0.15, 0.2) is 216 Å². The number of hydrogen-bond acceptors (Lipinski definition) is 0. The molecule has 7 aliphatic rings. The molecular formula is C63H56. The van der Waals surface area contributed by atoms with E-state index >= 15 is 0 Å². The molecule has 7 aliphatic carbocycles. The SMILES string of the molecule is C=CC1=C(C2=C(C)C=C(c3ccc(CC4=CCC(c5cccc6c5-c5ccccc5C65C6=C(Cc7c5ccc5ccccc75)C5C=CCC(C)C5C=C6)C=C4)cc3)CC2)CCC=C1. The third-order valence-corrected chi connectivity index (χ3v) is 16.1. The highest BCUT2D eigenvalue weighted by Crippen LogP contribution is 2.63. The van der Waals surface area contributed by atoms with Crippen molar-refractivity contribution in [2.45, 2.75) is 76.5 Å². The van der Waals surface area contributed by atoms with Crippen LogP contribution in [0.25, 0.3) is 27.5 Å². The Balaban J connectivity index is 0.872. The number of benzene rings is 5. The summed E-state index contributed by atoms with van der Waals surface area (Å²) in [6.07, 6.45) is 35.2. The maximum atomic E-state index is 4.09. The number of fused-ring (bicyclic) bond motifs is 12. The zero-order valence-corrected chi connectivity index (χ0v) is 36.8. The Morgan fingerprint density at radius 2 is 1.59 bits per heavy atom. The highest BCUT2D eigenvalue weighted by Gasteiger charge is 2.53. The molecule has 12 rings (SSSR count). The maximum Gasteiger partial charge on any atom is 0.0716 e. The van der Waals surface area contributed by atoms with Gasteiger partial charge in [0, 0.05) is 11.8 Å². The lowest BCUT2D eigenvalue weighted by atomic mass is 9.56. The fourth-order valence-electron chi connectivity index (χ4n) is 13.1. The Bertz CT molecular complexity index is 3050. The van der Waals surface area contributed by atoms with Crippen LogP contribution in [-0.4, -0.2) is 0 Å². The normalized spacial score (nSPS) is 25.4. The summed E-state index contributed by atoms with van der Waals surface area (Å²) in [5.74, 6) is 1.95. The standard InChI is InChI=1S/C63H56/c1-4-44-14-5-7-16-51(44)50-33-31-48(37-41(50)3)45-27-23-42(24-28-45)38-43-25-29-47(30-26-43)53-19-12-22-61-62(53)55-18-9-10-21-58(55)63(61)59-35-32-46-15-6-8-17-52(46)56(59)39-57-54-20-11-13-40(2)49(54)34-36-60(57)63/h4-6,8-12,14-15,17-29,32,34-37,40,47,49,54H,1,7,13,16,30-31,33,38-39H2,2-3H3. The van der Waals surface area contributed by atoms with Gasteiger partial charge in [-0.15, -0.1) is 0 Å². The van der Waals surface area contributed by atoms with Crippen LogP contribution in [-0.2, 0) is 18.3 Å². The fraction of sp³-hybridized carbons (Fsp3) is 0.238. The van der Waals surface area contributed by atoms with Crippen molar-refractivity contribution >= 4 is 16.3 Å². The van der Waals surface area contributed by atoms with Crippen LogP contribution < -0.4 is 0 Å². The monoisotopic (exact) mass is 812 g/mol. The molecule has 0 aromatic heterocycles. The van der Waals surface area contributed by atoms with Crippen molar-refractivity contribution in [1.82, 2.24) is 0 Å². The topological polar surface area (TPSA) is 0 Å². The van der Waals surface area contributed by atoms with Crippen molar-refractivity contribution in [3.8, 4) is 11.1 Å². The quantitative estimate of drug-likeness (QED) is 0.150. The van der Waals surface area contributed by atoms with E-state index in [-0.39, 0.29) is 5.41 Å². The minimum absolute atomic E-state index is 0.318. The van der Waals surface area contributed by atoms with Gasteiger partial charge in [-0.3, -0.25) is 0 Å². The predicted molar refractivity (Wildman–Crippen MR) is 266 cm³/mol. The molecule has 0 N–H and O–H groups in total. The molecule has 5 aromatic rings. The summed E-state index contributed by atoms with van der Waals surface area (Å²) in [5.41, 5.74) is 24.3. The molecule has 0 heterocycles. The summed E-state index contributed by atoms with van der Waals surface area (Å²) in [4.78, 5) is 0. The Labute approximate surface area is 374 Å². The summed E-state index contributed by atoms with van der Waals surface area (Å²) in [6.45, 7) is 8.85. The molecule has 0 heteroatoms. The summed E-state index contributed by atoms with van der Waals surface area (Å²) >= 11 is 0. The molecule has 5 atom stereocenters. The first-order valence-electron chi connectivity index (χ1n) is 23.7. The lowest BCUT2D eigenvalue weighted by Gasteiger charge is -2.47. The lowest BCUT2D eigenvalue weighted by molar-refractivity contribution is 0.343. The average molecular weight is 813 g/mol. The van der Waals surface area contributed by atoms with E-state index in [2.05, 4.69) is 184 Å². The van der Waals surface area contributed by atoms with Crippen LogP contribution in [0.5, 0.6) is 0 Å².